The van der Waals surface area contributed by atoms with Gasteiger partial charge in [-0.05, 0) is 52.1 Å². The number of nitrogens with zero attached hydrogens (tertiary/aromatic N) is 2. The van der Waals surface area contributed by atoms with E-state index in [-0.39, 0.29) is 46.6 Å². The average molecular weight is 389 g/mol. The first-order valence-corrected chi connectivity index (χ1v) is 8.75. The van der Waals surface area contributed by atoms with Crippen molar-refractivity contribution in [1.82, 2.24) is 0 Å². The number of nitro benzene ring substituents is 1. The largest absolute Gasteiger partial charge is 0.274 e. The summed E-state index contributed by atoms with van der Waals surface area (Å²) < 4.78 is 0.389. The molecule has 3 aliphatic carbocycles. The zero-order valence-electron chi connectivity index (χ0n) is 12.5. The van der Waals surface area contributed by atoms with Gasteiger partial charge in [0.25, 0.3) is 5.69 Å². The Morgan fingerprint density at radius 1 is 1.12 bits per heavy atom. The molecule has 2 amide bonds. The van der Waals surface area contributed by atoms with E-state index in [1.54, 1.807) is 0 Å². The van der Waals surface area contributed by atoms with Gasteiger partial charge >= 0.3 is 0 Å². The highest BCUT2D eigenvalue weighted by atomic mass is 79.9. The first kappa shape index (κ1) is 14.3. The Morgan fingerprint density at radius 2 is 1.71 bits per heavy atom. The van der Waals surface area contributed by atoms with E-state index in [1.165, 1.54) is 23.1 Å². The molecule has 3 fully saturated rings. The van der Waals surface area contributed by atoms with Crippen molar-refractivity contribution in [2.45, 2.75) is 12.8 Å². The minimum Gasteiger partial charge on any atom is -0.274 e. The lowest BCUT2D eigenvalue weighted by Gasteiger charge is -2.22. The third-order valence-corrected chi connectivity index (χ3v) is 6.87. The third kappa shape index (κ3) is 1.51. The summed E-state index contributed by atoms with van der Waals surface area (Å²) in [7, 11) is 0. The minimum absolute atomic E-state index is 0.0800. The number of carbonyl (C=O) groups is 2. The summed E-state index contributed by atoms with van der Waals surface area (Å²) in [5.41, 5.74) is 0.484. The first-order chi connectivity index (χ1) is 11.5. The van der Waals surface area contributed by atoms with Gasteiger partial charge < -0.3 is 0 Å². The van der Waals surface area contributed by atoms with Gasteiger partial charge in [-0.15, -0.1) is 0 Å². The Morgan fingerprint density at radius 3 is 2.17 bits per heavy atom. The number of non-ortho nitro benzene ring substituents is 1. The van der Waals surface area contributed by atoms with Gasteiger partial charge in [0.2, 0.25) is 11.8 Å². The Labute approximate surface area is 145 Å². The van der Waals surface area contributed by atoms with Crippen LogP contribution in [0.2, 0.25) is 0 Å². The number of hydrogen-bond donors (Lipinski definition) is 0. The molecule has 1 aromatic carbocycles. The number of allylic oxidation sites excluding steroid dienone is 2. The second-order valence-corrected chi connectivity index (χ2v) is 7.98. The third-order valence-electron chi connectivity index (χ3n) is 6.24. The maximum atomic E-state index is 13.0. The molecule has 1 aromatic rings. The summed E-state index contributed by atoms with van der Waals surface area (Å²) in [6, 6.07) is 4.13. The summed E-state index contributed by atoms with van der Waals surface area (Å²) in [6.07, 6.45) is 6.45. The van der Waals surface area contributed by atoms with Crippen molar-refractivity contribution in [3.63, 3.8) is 0 Å². The van der Waals surface area contributed by atoms with Gasteiger partial charge in [0, 0.05) is 16.6 Å². The second kappa shape index (κ2) is 4.33. The van der Waals surface area contributed by atoms with Gasteiger partial charge in [-0.25, -0.2) is 4.90 Å². The van der Waals surface area contributed by atoms with E-state index in [2.05, 4.69) is 28.1 Å². The molecule has 122 valence electrons. The van der Waals surface area contributed by atoms with Gasteiger partial charge in [0.15, 0.2) is 0 Å². The number of amides is 2. The molecule has 0 aromatic heterocycles. The number of imide groups is 1. The molecule has 5 rings (SSSR count). The number of fused-ring (bicyclic) bond motifs is 3. The van der Waals surface area contributed by atoms with E-state index in [0.717, 1.165) is 12.8 Å². The molecule has 4 atom stereocenters. The van der Waals surface area contributed by atoms with Crippen LogP contribution in [-0.2, 0) is 9.59 Å². The van der Waals surface area contributed by atoms with Crippen molar-refractivity contribution in [3.8, 4) is 0 Å². The lowest BCUT2D eigenvalue weighted by Crippen LogP contribution is -2.35. The Bertz CT molecular complexity index is 826. The van der Waals surface area contributed by atoms with E-state index in [0.29, 0.717) is 10.2 Å². The smallest absolute Gasteiger partial charge is 0.270 e. The van der Waals surface area contributed by atoms with E-state index in [1.807, 2.05) is 0 Å². The number of hydrogen-bond acceptors (Lipinski definition) is 4. The van der Waals surface area contributed by atoms with Crippen LogP contribution in [0, 0.1) is 39.2 Å². The van der Waals surface area contributed by atoms with Crippen molar-refractivity contribution in [1.29, 1.82) is 0 Å². The Balaban J connectivity index is 1.55. The molecule has 4 aliphatic rings. The molecule has 0 radical (unpaired) electrons. The topological polar surface area (TPSA) is 80.5 Å². The summed E-state index contributed by atoms with van der Waals surface area (Å²) >= 11 is 3.27. The molecule has 1 aliphatic heterocycles. The van der Waals surface area contributed by atoms with Crippen molar-refractivity contribution in [2.75, 3.05) is 4.90 Å². The molecule has 0 N–H and O–H groups in total. The number of carbonyl (C=O) groups excluding carboxylic acids is 2. The van der Waals surface area contributed by atoms with Crippen molar-refractivity contribution in [3.05, 3.63) is 44.9 Å². The molecular weight excluding hydrogens is 376 g/mol. The van der Waals surface area contributed by atoms with Crippen LogP contribution in [-0.4, -0.2) is 16.7 Å². The van der Waals surface area contributed by atoms with Crippen LogP contribution >= 0.6 is 15.9 Å². The minimum atomic E-state index is -0.502. The molecule has 0 unspecified atom stereocenters. The molecular formula is C17H13BrN2O4. The Kier molecular flexibility index (Phi) is 2.59. The van der Waals surface area contributed by atoms with Crippen LogP contribution in [0.15, 0.2) is 34.8 Å². The molecule has 7 heteroatoms. The van der Waals surface area contributed by atoms with Crippen molar-refractivity contribution < 1.29 is 14.5 Å². The van der Waals surface area contributed by atoms with Gasteiger partial charge in [-0.2, -0.15) is 0 Å². The lowest BCUT2D eigenvalue weighted by atomic mass is 9.85. The van der Waals surface area contributed by atoms with Crippen LogP contribution in [0.4, 0.5) is 11.4 Å². The van der Waals surface area contributed by atoms with Crippen LogP contribution in [0.1, 0.15) is 12.8 Å². The number of nitro groups is 1. The lowest BCUT2D eigenvalue weighted by molar-refractivity contribution is -0.384. The normalized spacial score (nSPS) is 34.3. The highest BCUT2D eigenvalue weighted by Crippen LogP contribution is 2.73. The zero-order valence-corrected chi connectivity index (χ0v) is 14.1. The monoisotopic (exact) mass is 388 g/mol. The van der Waals surface area contributed by atoms with Gasteiger partial charge in [0.1, 0.15) is 0 Å². The van der Waals surface area contributed by atoms with Crippen LogP contribution < -0.4 is 4.90 Å². The van der Waals surface area contributed by atoms with E-state index >= 15 is 0 Å². The SMILES string of the molecule is O=C1[C@@H]2[C@@H](C(=O)N1c1ccc([N+](=O)[O-])cc1Br)[C@H]1C=C[C@H]2C12CC2. The molecule has 2 bridgehead atoms. The highest BCUT2D eigenvalue weighted by molar-refractivity contribution is 9.10. The van der Waals surface area contributed by atoms with Gasteiger partial charge in [-0.3, -0.25) is 19.7 Å². The second-order valence-electron chi connectivity index (χ2n) is 7.13. The standard InChI is InChI=1S/C17H13BrN2O4/c18-11-7-8(20(23)24)1-4-12(11)19-15(21)13-9-2-3-10(14(13)16(19)22)17(9)5-6-17/h1-4,7,9-10,13-14H,5-6H2/t9-,10-,13+,14+/m1/s1. The van der Waals surface area contributed by atoms with Crippen molar-refractivity contribution in [2.24, 2.45) is 29.1 Å². The predicted molar refractivity (Wildman–Crippen MR) is 88.1 cm³/mol. The maximum Gasteiger partial charge on any atom is 0.270 e. The summed E-state index contributed by atoms with van der Waals surface area (Å²) in [6.45, 7) is 0. The molecule has 1 heterocycles. The van der Waals surface area contributed by atoms with E-state index in [4.69, 9.17) is 0 Å². The first-order valence-electron chi connectivity index (χ1n) is 7.96. The molecule has 6 nitrogen and oxygen atoms in total. The number of halogens is 1. The van der Waals surface area contributed by atoms with Gasteiger partial charge in [0.05, 0.1) is 22.4 Å². The number of anilines is 1. The number of rotatable bonds is 2. The molecule has 1 saturated heterocycles. The maximum absolute atomic E-state index is 13.0. The Hall–Kier alpha value is -2.02. The molecule has 1 spiro atoms. The van der Waals surface area contributed by atoms with Crippen molar-refractivity contribution >= 4 is 39.1 Å². The van der Waals surface area contributed by atoms with Crippen LogP contribution in [0.5, 0.6) is 0 Å². The fraction of sp³-hybridized carbons (Fsp3) is 0.412. The summed E-state index contributed by atoms with van der Waals surface area (Å²) in [5, 5.41) is 10.9. The fourth-order valence-electron chi connectivity index (χ4n) is 5.11. The number of benzene rings is 1. The zero-order chi connectivity index (χ0) is 16.8. The van der Waals surface area contributed by atoms with E-state index in [9.17, 15) is 19.7 Å². The van der Waals surface area contributed by atoms with E-state index < -0.39 is 4.92 Å². The van der Waals surface area contributed by atoms with Crippen LogP contribution in [0.3, 0.4) is 0 Å². The van der Waals surface area contributed by atoms with Gasteiger partial charge in [-0.1, -0.05) is 12.2 Å². The molecule has 2 saturated carbocycles. The molecule has 24 heavy (non-hydrogen) atoms. The fourth-order valence-corrected chi connectivity index (χ4v) is 5.65. The average Bonchev–Trinajstić information content (AvgIpc) is 3.14. The summed E-state index contributed by atoms with van der Waals surface area (Å²) in [4.78, 5) is 37.6. The highest BCUT2D eigenvalue weighted by Gasteiger charge is 2.73. The summed E-state index contributed by atoms with van der Waals surface area (Å²) in [5.74, 6) is -0.518. The van der Waals surface area contributed by atoms with Crippen LogP contribution in [0.25, 0.3) is 0 Å². The predicted octanol–water partition coefficient (Wildman–Crippen LogP) is 3.06. The quantitative estimate of drug-likeness (QED) is 0.337.